The first kappa shape index (κ1) is 29.1. The van der Waals surface area contributed by atoms with Gasteiger partial charge in [0, 0.05) is 49.2 Å². The molecular weight excluding hydrogens is 573 g/mol. The first-order chi connectivity index (χ1) is 20.8. The van der Waals surface area contributed by atoms with E-state index in [1.54, 1.807) is 11.0 Å². The highest BCUT2D eigenvalue weighted by Gasteiger charge is 2.35. The number of nitrogens with zero attached hydrogens (tertiary/aromatic N) is 5. The number of hydrogen-bond acceptors (Lipinski definition) is 9. The number of benzene rings is 2. The molecule has 3 aliphatic rings. The number of nitrogens with one attached hydrogen (secondary N) is 1. The third kappa shape index (κ3) is 5.35. The lowest BCUT2D eigenvalue weighted by molar-refractivity contribution is -0.128. The van der Waals surface area contributed by atoms with Crippen LogP contribution in [0.4, 0.5) is 27.3 Å². The van der Waals surface area contributed by atoms with Crippen LogP contribution in [0.5, 0.6) is 5.95 Å². The lowest BCUT2D eigenvalue weighted by Crippen LogP contribution is -2.54. The Labute approximate surface area is 255 Å². The number of nitrogens with two attached hydrogens (primary N) is 1. The van der Waals surface area contributed by atoms with E-state index in [9.17, 15) is 14.4 Å². The molecular formula is C31H35ClFN7O3. The van der Waals surface area contributed by atoms with Crippen LogP contribution in [0.2, 0.25) is 5.02 Å². The number of amides is 1. The topological polar surface area (TPSA) is 114 Å². The number of hydrogen-bond donors (Lipinski definition) is 2. The molecule has 3 aliphatic heterocycles. The number of likely N-dealkylation sites (tertiary alicyclic amines) is 1. The maximum atomic E-state index is 14.6. The number of ether oxygens (including phenoxy) is 1. The van der Waals surface area contributed by atoms with Crippen molar-refractivity contribution >= 4 is 51.2 Å². The number of carbonyl (C=O) groups excluding carboxylic acids is 1. The number of carbonyl (C=O) groups is 1. The molecule has 2 aromatic carbocycles. The summed E-state index contributed by atoms with van der Waals surface area (Å²) in [5.41, 5.74) is 8.52. The van der Waals surface area contributed by atoms with Crippen molar-refractivity contribution in [2.45, 2.75) is 37.9 Å². The van der Waals surface area contributed by atoms with Crippen molar-refractivity contribution in [3.63, 3.8) is 0 Å². The molecule has 2 atom stereocenters. The van der Waals surface area contributed by atoms with E-state index in [-0.39, 0.29) is 29.1 Å². The summed E-state index contributed by atoms with van der Waals surface area (Å²) in [6, 6.07) is 9.00. The summed E-state index contributed by atoms with van der Waals surface area (Å²) in [6.07, 6.45) is 3.65. The summed E-state index contributed by atoms with van der Waals surface area (Å²) in [6.45, 7) is 7.42. The summed E-state index contributed by atoms with van der Waals surface area (Å²) in [7, 11) is 2.10. The Bertz CT molecular complexity index is 1600. The fraction of sp³-hybridized carbons (Fsp3) is 0.419. The smallest absolute Gasteiger partial charge is 0.294 e. The summed E-state index contributed by atoms with van der Waals surface area (Å²) in [4.78, 5) is 20.5. The second-order valence-electron chi connectivity index (χ2n) is 11.3. The zero-order valence-corrected chi connectivity index (χ0v) is 24.9. The average Bonchev–Trinajstić information content (AvgIpc) is 3.60. The van der Waals surface area contributed by atoms with Gasteiger partial charge in [-0.1, -0.05) is 18.2 Å². The van der Waals surface area contributed by atoms with E-state index in [0.717, 1.165) is 41.4 Å². The van der Waals surface area contributed by atoms with Crippen LogP contribution in [0.3, 0.4) is 0 Å². The first-order valence-electron chi connectivity index (χ1n) is 14.5. The number of halogens is 2. The summed E-state index contributed by atoms with van der Waals surface area (Å²) >= 11 is 6.44. The fourth-order valence-corrected chi connectivity index (χ4v) is 6.69. The van der Waals surface area contributed by atoms with Crippen LogP contribution in [-0.2, 0) is 11.3 Å². The Morgan fingerprint density at radius 3 is 2.88 bits per heavy atom. The predicted molar refractivity (Wildman–Crippen MR) is 165 cm³/mol. The van der Waals surface area contributed by atoms with Crippen molar-refractivity contribution in [3.8, 4) is 12.0 Å². The van der Waals surface area contributed by atoms with Crippen LogP contribution in [-0.4, -0.2) is 74.3 Å². The van der Waals surface area contributed by atoms with Crippen molar-refractivity contribution in [1.82, 2.24) is 15.1 Å². The molecule has 10 nitrogen and oxygen atoms in total. The van der Waals surface area contributed by atoms with Gasteiger partial charge in [-0.25, -0.2) is 4.39 Å². The molecule has 0 saturated carbocycles. The molecule has 3 N–H and O–H groups in total. The highest BCUT2D eigenvalue weighted by atomic mass is 35.5. The lowest BCUT2D eigenvalue weighted by Gasteiger charge is -2.40. The summed E-state index contributed by atoms with van der Waals surface area (Å²) in [5.74, 6) is 0.262. The van der Waals surface area contributed by atoms with Gasteiger partial charge in [-0.15, -0.1) is 0 Å². The minimum absolute atomic E-state index is 0.0107. The average molecular weight is 608 g/mol. The van der Waals surface area contributed by atoms with Gasteiger partial charge < -0.3 is 34.5 Å². The Morgan fingerprint density at radius 2 is 2.14 bits per heavy atom. The Balaban J connectivity index is 1.44. The van der Waals surface area contributed by atoms with Gasteiger partial charge in [0.15, 0.2) is 0 Å². The molecule has 12 heteroatoms. The highest BCUT2D eigenvalue weighted by Crippen LogP contribution is 2.47. The Hall–Kier alpha value is -3.98. The van der Waals surface area contributed by atoms with Gasteiger partial charge in [0.2, 0.25) is 11.8 Å². The molecule has 0 aliphatic carbocycles. The maximum absolute atomic E-state index is 14.6. The Kier molecular flexibility index (Phi) is 8.09. The summed E-state index contributed by atoms with van der Waals surface area (Å²) < 4.78 is 27.5. The molecule has 2 saturated heterocycles. The molecule has 0 spiro atoms. The van der Waals surface area contributed by atoms with E-state index in [1.807, 2.05) is 17.0 Å². The highest BCUT2D eigenvalue weighted by molar-refractivity contribution is 6.33. The zero-order chi connectivity index (χ0) is 30.2. The monoisotopic (exact) mass is 607 g/mol. The van der Waals surface area contributed by atoms with Crippen LogP contribution in [0.15, 0.2) is 41.3 Å². The van der Waals surface area contributed by atoms with Crippen molar-refractivity contribution in [2.75, 3.05) is 62.0 Å². The van der Waals surface area contributed by atoms with Gasteiger partial charge in [-0.3, -0.25) is 10.1 Å². The SMILES string of the molecule is C=CC(=O)N1CCN(c2oc(OC[C@@H]3CCCN3C)c3ccc4c(c23)CNCN4c2cc(N)cc(F)c2Cl)C[C@@H]1CC#N. The molecule has 6 rings (SSSR count). The molecule has 2 fully saturated rings. The molecule has 3 aromatic rings. The lowest BCUT2D eigenvalue weighted by atomic mass is 10.0. The van der Waals surface area contributed by atoms with Crippen LogP contribution in [0, 0.1) is 17.1 Å². The molecule has 1 amide bonds. The molecule has 43 heavy (non-hydrogen) atoms. The van der Waals surface area contributed by atoms with E-state index >= 15 is 0 Å². The van der Waals surface area contributed by atoms with Crippen molar-refractivity contribution in [2.24, 2.45) is 0 Å². The fourth-order valence-electron chi connectivity index (χ4n) is 6.48. The summed E-state index contributed by atoms with van der Waals surface area (Å²) in [5, 5.41) is 14.6. The standard InChI is InChI=1S/C31H35ClFN7O3/c1-3-27(41)39-12-11-38(16-20(39)8-9-34)30-28-22(31(43-30)42-17-21-5-4-10-37(21)2)6-7-25-23(28)15-36-18-40(25)26-14-19(35)13-24(33)29(26)32/h3,6-7,13-14,20-21,36H,1,4-5,8,10-12,15-18,35H2,2H3/t20-,21-/m0/s1. The molecule has 4 heterocycles. The van der Waals surface area contributed by atoms with Crippen molar-refractivity contribution < 1.29 is 18.3 Å². The van der Waals surface area contributed by atoms with Gasteiger partial charge in [0.05, 0.1) is 41.7 Å². The van der Waals surface area contributed by atoms with E-state index in [2.05, 4.69) is 34.8 Å². The number of piperazine rings is 1. The minimum atomic E-state index is -0.586. The van der Waals surface area contributed by atoms with Gasteiger partial charge >= 0.3 is 0 Å². The predicted octanol–water partition coefficient (Wildman–Crippen LogP) is 4.60. The van der Waals surface area contributed by atoms with Gasteiger partial charge in [0.25, 0.3) is 5.95 Å². The number of nitrogen functional groups attached to an aromatic ring is 1. The van der Waals surface area contributed by atoms with Crippen molar-refractivity contribution in [1.29, 1.82) is 5.26 Å². The number of rotatable bonds is 7. The number of furan rings is 1. The number of likely N-dealkylation sites (N-methyl/N-ethyl adjacent to an activating group) is 1. The van der Waals surface area contributed by atoms with E-state index < -0.39 is 5.82 Å². The van der Waals surface area contributed by atoms with Gasteiger partial charge in [-0.2, -0.15) is 5.26 Å². The first-order valence-corrected chi connectivity index (χ1v) is 14.9. The number of anilines is 4. The maximum Gasteiger partial charge on any atom is 0.294 e. The third-order valence-corrected chi connectivity index (χ3v) is 9.10. The largest absolute Gasteiger partial charge is 0.463 e. The normalized spacial score (nSPS) is 20.7. The molecule has 1 aromatic heterocycles. The van der Waals surface area contributed by atoms with E-state index in [4.69, 9.17) is 26.5 Å². The number of nitriles is 1. The quantitative estimate of drug-likeness (QED) is 0.294. The van der Waals surface area contributed by atoms with E-state index in [1.165, 1.54) is 12.1 Å². The van der Waals surface area contributed by atoms with Crippen LogP contribution in [0.25, 0.3) is 10.8 Å². The van der Waals surface area contributed by atoms with Crippen LogP contribution < -0.4 is 25.6 Å². The number of fused-ring (bicyclic) bond motifs is 3. The van der Waals surface area contributed by atoms with Crippen LogP contribution >= 0.6 is 11.6 Å². The Morgan fingerprint density at radius 1 is 1.30 bits per heavy atom. The van der Waals surface area contributed by atoms with Crippen LogP contribution in [0.1, 0.15) is 24.8 Å². The molecule has 0 radical (unpaired) electrons. The zero-order valence-electron chi connectivity index (χ0n) is 24.1. The van der Waals surface area contributed by atoms with Gasteiger partial charge in [0.1, 0.15) is 17.4 Å². The third-order valence-electron chi connectivity index (χ3n) is 8.73. The molecule has 226 valence electrons. The van der Waals surface area contributed by atoms with Gasteiger partial charge in [-0.05, 0) is 56.8 Å². The minimum Gasteiger partial charge on any atom is -0.463 e. The molecule has 0 unspecified atom stereocenters. The molecule has 0 bridgehead atoms. The van der Waals surface area contributed by atoms with E-state index in [0.29, 0.717) is 63.0 Å². The second kappa shape index (κ2) is 12.0. The van der Waals surface area contributed by atoms with Crippen molar-refractivity contribution in [3.05, 3.63) is 53.3 Å². The second-order valence-corrected chi connectivity index (χ2v) is 11.7.